The van der Waals surface area contributed by atoms with Crippen molar-refractivity contribution in [2.24, 2.45) is 5.92 Å². The van der Waals surface area contributed by atoms with Gasteiger partial charge >= 0.3 is 5.97 Å². The Morgan fingerprint density at radius 1 is 1.33 bits per heavy atom. The monoisotopic (exact) mass is 317 g/mol. The van der Waals surface area contributed by atoms with E-state index in [1.165, 1.54) is 0 Å². The van der Waals surface area contributed by atoms with Gasteiger partial charge in [-0.3, -0.25) is 4.79 Å². The molecule has 2 atom stereocenters. The smallest absolute Gasteiger partial charge is 0.326 e. The number of carboxylic acids is 1. The highest BCUT2D eigenvalue weighted by molar-refractivity contribution is 6.33. The molecule has 1 saturated heterocycles. The van der Waals surface area contributed by atoms with Gasteiger partial charge < -0.3 is 10.0 Å². The van der Waals surface area contributed by atoms with Crippen molar-refractivity contribution in [2.45, 2.75) is 25.8 Å². The van der Waals surface area contributed by atoms with Gasteiger partial charge in [0.25, 0.3) is 5.91 Å². The maximum Gasteiger partial charge on any atom is 0.326 e. The van der Waals surface area contributed by atoms with E-state index >= 15 is 0 Å². The van der Waals surface area contributed by atoms with E-state index < -0.39 is 29.6 Å². The number of hydrogen-bond donors (Lipinski definition) is 1. The molecule has 1 heterocycles. The maximum atomic E-state index is 13.3. The van der Waals surface area contributed by atoms with Gasteiger partial charge in [0.1, 0.15) is 6.04 Å². The summed E-state index contributed by atoms with van der Waals surface area (Å²) in [5, 5.41) is 8.99. The lowest BCUT2D eigenvalue weighted by molar-refractivity contribution is -0.144. The number of rotatable bonds is 2. The standard InChI is InChI=1S/C14H14ClF2NO3/c1-7-2-3-18(12(4-7)14(20)21)13(19)8-5-10(16)11(17)6-9(8)15/h5-7,12H,2-4H2,1H3,(H,20,21). The van der Waals surface area contributed by atoms with E-state index in [-0.39, 0.29) is 23.0 Å². The van der Waals surface area contributed by atoms with Crippen LogP contribution >= 0.6 is 11.6 Å². The molecule has 7 heteroatoms. The van der Waals surface area contributed by atoms with Crippen LogP contribution in [0.4, 0.5) is 8.78 Å². The lowest BCUT2D eigenvalue weighted by Gasteiger charge is -2.36. The molecule has 2 rings (SSSR count). The summed E-state index contributed by atoms with van der Waals surface area (Å²) in [4.78, 5) is 24.8. The van der Waals surface area contributed by atoms with Gasteiger partial charge in [0.15, 0.2) is 11.6 Å². The van der Waals surface area contributed by atoms with Gasteiger partial charge in [-0.1, -0.05) is 18.5 Å². The number of carbonyl (C=O) groups is 2. The zero-order valence-electron chi connectivity index (χ0n) is 11.3. The zero-order chi connectivity index (χ0) is 15.7. The number of carbonyl (C=O) groups excluding carboxylic acids is 1. The quantitative estimate of drug-likeness (QED) is 0.853. The first-order valence-electron chi connectivity index (χ1n) is 6.49. The molecule has 1 aromatic carbocycles. The second-order valence-electron chi connectivity index (χ2n) is 5.23. The van der Waals surface area contributed by atoms with Crippen LogP contribution in [0.25, 0.3) is 0 Å². The summed E-state index contributed by atoms with van der Waals surface area (Å²) >= 11 is 5.77. The van der Waals surface area contributed by atoms with Gasteiger partial charge in [-0.25, -0.2) is 13.6 Å². The summed E-state index contributed by atoms with van der Waals surface area (Å²) in [6.45, 7) is 2.15. The highest BCUT2D eigenvalue weighted by atomic mass is 35.5. The topological polar surface area (TPSA) is 57.6 Å². The number of hydrogen-bond acceptors (Lipinski definition) is 2. The van der Waals surface area contributed by atoms with Crippen LogP contribution in [0, 0.1) is 17.6 Å². The summed E-state index contributed by atoms with van der Waals surface area (Å²) in [6, 6.07) is 0.439. The maximum absolute atomic E-state index is 13.3. The van der Waals surface area contributed by atoms with Crippen LogP contribution in [0.5, 0.6) is 0 Å². The van der Waals surface area contributed by atoms with Crippen molar-refractivity contribution >= 4 is 23.5 Å². The van der Waals surface area contributed by atoms with Gasteiger partial charge in [0.2, 0.25) is 0 Å². The normalized spacial score (nSPS) is 22.2. The molecule has 1 N–H and O–H groups in total. The fourth-order valence-electron chi connectivity index (χ4n) is 2.46. The third-order valence-corrected chi connectivity index (χ3v) is 3.96. The fraction of sp³-hybridized carbons (Fsp3) is 0.429. The zero-order valence-corrected chi connectivity index (χ0v) is 12.0. The molecule has 1 aliphatic rings. The Kier molecular flexibility index (Phi) is 4.46. The fourth-order valence-corrected chi connectivity index (χ4v) is 2.69. The Bertz CT molecular complexity index is 594. The van der Waals surface area contributed by atoms with E-state index in [0.29, 0.717) is 25.0 Å². The first-order chi connectivity index (χ1) is 9.81. The first kappa shape index (κ1) is 15.7. The number of halogens is 3. The molecular weight excluding hydrogens is 304 g/mol. The summed E-state index contributed by atoms with van der Waals surface area (Å²) < 4.78 is 26.3. The second kappa shape index (κ2) is 5.97. The molecule has 2 unspecified atom stereocenters. The molecule has 0 saturated carbocycles. The molecule has 0 aliphatic carbocycles. The second-order valence-corrected chi connectivity index (χ2v) is 5.64. The number of benzene rings is 1. The Morgan fingerprint density at radius 3 is 2.57 bits per heavy atom. The van der Waals surface area contributed by atoms with E-state index in [4.69, 9.17) is 11.6 Å². The van der Waals surface area contributed by atoms with Gasteiger partial charge in [0.05, 0.1) is 10.6 Å². The third-order valence-electron chi connectivity index (χ3n) is 3.65. The van der Waals surface area contributed by atoms with Crippen molar-refractivity contribution in [3.8, 4) is 0 Å². The predicted octanol–water partition coefficient (Wildman–Crippen LogP) is 2.94. The van der Waals surface area contributed by atoms with Crippen molar-refractivity contribution in [3.63, 3.8) is 0 Å². The van der Waals surface area contributed by atoms with Gasteiger partial charge in [0, 0.05) is 6.54 Å². The molecule has 1 aliphatic heterocycles. The molecule has 0 spiro atoms. The van der Waals surface area contributed by atoms with Crippen LogP contribution in [0.15, 0.2) is 12.1 Å². The van der Waals surface area contributed by atoms with Crippen LogP contribution in [0.3, 0.4) is 0 Å². The number of likely N-dealkylation sites (tertiary alicyclic amines) is 1. The van der Waals surface area contributed by atoms with E-state index in [1.807, 2.05) is 6.92 Å². The summed E-state index contributed by atoms with van der Waals surface area (Å²) in [5.41, 5.74) is -0.226. The number of carboxylic acid groups (broad SMARTS) is 1. The van der Waals surface area contributed by atoms with Crippen LogP contribution < -0.4 is 0 Å². The molecule has 21 heavy (non-hydrogen) atoms. The van der Waals surface area contributed by atoms with Crippen molar-refractivity contribution < 1.29 is 23.5 Å². The predicted molar refractivity (Wildman–Crippen MR) is 72.2 cm³/mol. The number of amides is 1. The SMILES string of the molecule is CC1CCN(C(=O)c2cc(F)c(F)cc2Cl)C(C(=O)O)C1. The molecule has 0 radical (unpaired) electrons. The van der Waals surface area contributed by atoms with Gasteiger partial charge in [-0.15, -0.1) is 0 Å². The molecule has 1 amide bonds. The number of nitrogens with zero attached hydrogens (tertiary/aromatic N) is 1. The van der Waals surface area contributed by atoms with Gasteiger partial charge in [-0.2, -0.15) is 0 Å². The molecule has 114 valence electrons. The van der Waals surface area contributed by atoms with Crippen molar-refractivity contribution in [1.82, 2.24) is 4.90 Å². The molecule has 0 bridgehead atoms. The molecule has 1 aromatic rings. The summed E-state index contributed by atoms with van der Waals surface area (Å²) in [7, 11) is 0. The summed E-state index contributed by atoms with van der Waals surface area (Å²) in [6.07, 6.45) is 0.971. The average molecular weight is 318 g/mol. The lowest BCUT2D eigenvalue weighted by atomic mass is 9.92. The molecular formula is C14H14ClF2NO3. The Morgan fingerprint density at radius 2 is 1.95 bits per heavy atom. The number of aliphatic carboxylic acids is 1. The molecule has 0 aromatic heterocycles. The van der Waals surface area contributed by atoms with Crippen LogP contribution in [-0.4, -0.2) is 34.5 Å². The third kappa shape index (κ3) is 3.15. The van der Waals surface area contributed by atoms with Crippen molar-refractivity contribution in [1.29, 1.82) is 0 Å². The first-order valence-corrected chi connectivity index (χ1v) is 6.87. The minimum absolute atomic E-state index is 0.176. The Balaban J connectivity index is 2.34. The van der Waals surface area contributed by atoms with Crippen LogP contribution in [-0.2, 0) is 4.79 Å². The van der Waals surface area contributed by atoms with E-state index in [9.17, 15) is 23.5 Å². The largest absolute Gasteiger partial charge is 0.480 e. The Labute approximate surface area is 125 Å². The minimum Gasteiger partial charge on any atom is -0.480 e. The van der Waals surface area contributed by atoms with E-state index in [0.717, 1.165) is 4.90 Å². The van der Waals surface area contributed by atoms with E-state index in [2.05, 4.69) is 0 Å². The van der Waals surface area contributed by atoms with Gasteiger partial charge in [-0.05, 0) is 30.9 Å². The number of piperidine rings is 1. The highest BCUT2D eigenvalue weighted by Crippen LogP contribution is 2.27. The van der Waals surface area contributed by atoms with Crippen molar-refractivity contribution in [3.05, 3.63) is 34.4 Å². The molecule has 1 fully saturated rings. The average Bonchev–Trinajstić information content (AvgIpc) is 2.42. The summed E-state index contributed by atoms with van der Waals surface area (Å²) in [5.74, 6) is -3.99. The van der Waals surface area contributed by atoms with Crippen molar-refractivity contribution in [2.75, 3.05) is 6.54 Å². The molecule has 4 nitrogen and oxygen atoms in total. The van der Waals surface area contributed by atoms with Crippen LogP contribution in [0.2, 0.25) is 5.02 Å². The minimum atomic E-state index is -1.19. The van der Waals surface area contributed by atoms with E-state index in [1.54, 1.807) is 0 Å². The lowest BCUT2D eigenvalue weighted by Crippen LogP contribution is -2.49. The highest BCUT2D eigenvalue weighted by Gasteiger charge is 2.36. The Hall–Kier alpha value is -1.69. The van der Waals surface area contributed by atoms with Crippen LogP contribution in [0.1, 0.15) is 30.1 Å².